The lowest BCUT2D eigenvalue weighted by Crippen LogP contribution is -2.73. The average Bonchev–Trinajstić information content (AvgIpc) is 2.97. The molecular weight excluding hydrogens is 571 g/mol. The minimum atomic E-state index is -4.82. The summed E-state index contributed by atoms with van der Waals surface area (Å²) in [6.07, 6.45) is -6.75. The zero-order valence-electron chi connectivity index (χ0n) is 22.6. The SMILES string of the molecule is CC1C(C(=O)O)C(c2ccc(C#N)cc2)[N+](CC(=O)OCc2ccccc2)(C(=O)O)C(=O)N1c1cccc(C(F)(F)F)c1. The van der Waals surface area contributed by atoms with Gasteiger partial charge in [-0.25, -0.2) is 9.59 Å². The van der Waals surface area contributed by atoms with Crippen molar-refractivity contribution in [3.05, 3.63) is 101 Å². The lowest BCUT2D eigenvalue weighted by Gasteiger charge is -2.49. The highest BCUT2D eigenvalue weighted by atomic mass is 19.4. The van der Waals surface area contributed by atoms with Gasteiger partial charge in [-0.15, -0.1) is 4.48 Å². The first-order valence-corrected chi connectivity index (χ1v) is 12.9. The van der Waals surface area contributed by atoms with Crippen molar-refractivity contribution in [2.24, 2.45) is 5.92 Å². The highest BCUT2D eigenvalue weighted by Gasteiger charge is 2.66. The number of carbonyl (C=O) groups is 4. The Kier molecular flexibility index (Phi) is 8.54. The summed E-state index contributed by atoms with van der Waals surface area (Å²) in [6, 6.07) is 14.4. The molecule has 1 aliphatic rings. The number of ether oxygens (including phenoxy) is 1. The first-order chi connectivity index (χ1) is 20.3. The van der Waals surface area contributed by atoms with Crippen LogP contribution in [-0.2, 0) is 27.1 Å². The van der Waals surface area contributed by atoms with Crippen LogP contribution < -0.4 is 4.90 Å². The summed E-state index contributed by atoms with van der Waals surface area (Å²) in [5.41, 5.74) is -0.838. The number of carboxylic acid groups (broad SMARTS) is 2. The largest absolute Gasteiger partial charge is 0.523 e. The fourth-order valence-electron chi connectivity index (χ4n) is 5.34. The highest BCUT2D eigenvalue weighted by Crippen LogP contribution is 2.46. The Morgan fingerprint density at radius 1 is 1.00 bits per heavy atom. The van der Waals surface area contributed by atoms with Crippen LogP contribution in [-0.4, -0.2) is 51.3 Å². The number of amides is 3. The third-order valence-corrected chi connectivity index (χ3v) is 7.37. The van der Waals surface area contributed by atoms with Crippen LogP contribution in [0.2, 0.25) is 0 Å². The summed E-state index contributed by atoms with van der Waals surface area (Å²) in [5.74, 6) is -4.47. The molecule has 2 N–H and O–H groups in total. The van der Waals surface area contributed by atoms with Crippen LogP contribution >= 0.6 is 0 Å². The summed E-state index contributed by atoms with van der Waals surface area (Å²) in [4.78, 5) is 54.2. The molecule has 1 aliphatic heterocycles. The number of alkyl halides is 3. The standard InChI is InChI=1S/C30H24F3N3O7/c1-18-25(27(38)39)26(21-12-10-19(15-34)11-13-21)36(29(41)42,16-24(37)43-17-20-6-3-2-4-7-20)28(40)35(18)23-9-5-8-22(14-23)30(31,32)33/h2-14,18,25-26H,16-17H2,1H3,(H-,38,39,41,42)/p+1. The van der Waals surface area contributed by atoms with Gasteiger partial charge in [0.15, 0.2) is 6.54 Å². The van der Waals surface area contributed by atoms with E-state index in [1.807, 2.05) is 6.07 Å². The molecule has 0 bridgehead atoms. The Morgan fingerprint density at radius 3 is 2.21 bits per heavy atom. The number of carbonyl (C=O) groups excluding carboxylic acids is 2. The number of halogens is 3. The van der Waals surface area contributed by atoms with E-state index in [1.165, 1.54) is 31.2 Å². The molecule has 4 rings (SSSR count). The molecular formula is C30H25F3N3O7+. The van der Waals surface area contributed by atoms with Crippen molar-refractivity contribution in [2.45, 2.75) is 31.8 Å². The number of hydrogen-bond acceptors (Lipinski definition) is 6. The summed E-state index contributed by atoms with van der Waals surface area (Å²) in [6.45, 7) is -0.195. The van der Waals surface area contributed by atoms with Crippen molar-refractivity contribution in [3.63, 3.8) is 0 Å². The molecule has 0 aromatic heterocycles. The van der Waals surface area contributed by atoms with E-state index in [9.17, 15) is 47.8 Å². The second kappa shape index (κ2) is 11.9. The molecule has 1 saturated heterocycles. The third-order valence-electron chi connectivity index (χ3n) is 7.37. The van der Waals surface area contributed by atoms with E-state index < -0.39 is 70.5 Å². The number of nitrogens with zero attached hydrogens (tertiary/aromatic N) is 3. The monoisotopic (exact) mass is 596 g/mol. The Hall–Kier alpha value is -5.22. The lowest BCUT2D eigenvalue weighted by molar-refractivity contribution is -0.810. The third kappa shape index (κ3) is 5.91. The van der Waals surface area contributed by atoms with Crippen LogP contribution in [0, 0.1) is 17.2 Å². The van der Waals surface area contributed by atoms with Crippen LogP contribution in [0.4, 0.5) is 28.4 Å². The molecule has 0 saturated carbocycles. The summed E-state index contributed by atoms with van der Waals surface area (Å²) in [5, 5.41) is 30.3. The minimum Gasteiger partial charge on any atom is -0.481 e. The molecule has 13 heteroatoms. The van der Waals surface area contributed by atoms with E-state index in [1.54, 1.807) is 30.3 Å². The molecule has 1 fully saturated rings. The number of quaternary nitrogens is 1. The topological polar surface area (TPSA) is 145 Å². The van der Waals surface area contributed by atoms with Crippen molar-refractivity contribution in [1.82, 2.24) is 0 Å². The molecule has 43 heavy (non-hydrogen) atoms. The van der Waals surface area contributed by atoms with Gasteiger partial charge in [-0.2, -0.15) is 23.2 Å². The maximum atomic E-state index is 14.3. The van der Waals surface area contributed by atoms with E-state index >= 15 is 0 Å². The van der Waals surface area contributed by atoms with Gasteiger partial charge in [0, 0.05) is 5.56 Å². The van der Waals surface area contributed by atoms with Gasteiger partial charge in [0.05, 0.1) is 28.9 Å². The average molecular weight is 597 g/mol. The first kappa shape index (κ1) is 30.7. The van der Waals surface area contributed by atoms with Crippen LogP contribution in [0.5, 0.6) is 0 Å². The molecule has 10 nitrogen and oxygen atoms in total. The lowest BCUT2D eigenvalue weighted by atomic mass is 9.81. The van der Waals surface area contributed by atoms with Crippen molar-refractivity contribution in [1.29, 1.82) is 5.26 Å². The molecule has 4 unspecified atom stereocenters. The maximum Gasteiger partial charge on any atom is 0.523 e. The Balaban J connectivity index is 1.90. The van der Waals surface area contributed by atoms with Crippen molar-refractivity contribution < 1.29 is 51.8 Å². The van der Waals surface area contributed by atoms with Crippen molar-refractivity contribution in [3.8, 4) is 6.07 Å². The van der Waals surface area contributed by atoms with Gasteiger partial charge in [-0.05, 0) is 42.8 Å². The van der Waals surface area contributed by atoms with Crippen LogP contribution in [0.1, 0.15) is 35.2 Å². The number of urea groups is 1. The second-order valence-electron chi connectivity index (χ2n) is 9.94. The molecule has 0 aliphatic carbocycles. The quantitative estimate of drug-likeness (QED) is 0.265. The van der Waals surface area contributed by atoms with Gasteiger partial charge in [0.2, 0.25) is 0 Å². The second-order valence-corrected chi connectivity index (χ2v) is 9.94. The van der Waals surface area contributed by atoms with Gasteiger partial charge in [0.1, 0.15) is 18.6 Å². The first-order valence-electron chi connectivity index (χ1n) is 12.9. The maximum absolute atomic E-state index is 14.3. The van der Waals surface area contributed by atoms with E-state index in [2.05, 4.69) is 0 Å². The Labute approximate surface area is 243 Å². The normalized spacial score (nSPS) is 22.0. The number of hydrogen-bond donors (Lipinski definition) is 2. The summed E-state index contributed by atoms with van der Waals surface area (Å²) >= 11 is 0. The number of nitriles is 1. The highest BCUT2D eigenvalue weighted by molar-refractivity contribution is 5.97. The van der Waals surface area contributed by atoms with Crippen molar-refractivity contribution in [2.75, 3.05) is 11.4 Å². The van der Waals surface area contributed by atoms with Gasteiger partial charge in [-0.1, -0.05) is 48.5 Å². The molecule has 3 aromatic rings. The van der Waals surface area contributed by atoms with E-state index in [-0.39, 0.29) is 17.7 Å². The summed E-state index contributed by atoms with van der Waals surface area (Å²) in [7, 11) is 0. The smallest absolute Gasteiger partial charge is 0.481 e. The Bertz CT molecular complexity index is 1590. The van der Waals surface area contributed by atoms with Gasteiger partial charge in [0.25, 0.3) is 0 Å². The van der Waals surface area contributed by atoms with Crippen LogP contribution in [0.25, 0.3) is 0 Å². The number of esters is 1. The molecule has 3 amide bonds. The van der Waals surface area contributed by atoms with Crippen LogP contribution in [0.15, 0.2) is 78.9 Å². The Morgan fingerprint density at radius 2 is 1.65 bits per heavy atom. The number of anilines is 1. The van der Waals surface area contributed by atoms with E-state index in [4.69, 9.17) is 4.74 Å². The minimum absolute atomic E-state index is 0.00792. The molecule has 1 heterocycles. The molecule has 0 radical (unpaired) electrons. The number of rotatable bonds is 7. The fraction of sp³-hybridized carbons (Fsp3) is 0.233. The van der Waals surface area contributed by atoms with Gasteiger partial charge in [-0.3, -0.25) is 9.69 Å². The number of carboxylic acids is 1. The number of imide groups is 1. The molecule has 222 valence electrons. The van der Waals surface area contributed by atoms with Crippen molar-refractivity contribution >= 4 is 29.8 Å². The van der Waals surface area contributed by atoms with Gasteiger partial charge >= 0.3 is 30.2 Å². The fourth-order valence-corrected chi connectivity index (χ4v) is 5.34. The zero-order valence-corrected chi connectivity index (χ0v) is 22.6. The summed E-state index contributed by atoms with van der Waals surface area (Å²) < 4.78 is 44.2. The predicted octanol–water partition coefficient (Wildman–Crippen LogP) is 5.59. The van der Waals surface area contributed by atoms with Crippen LogP contribution in [0.3, 0.4) is 0 Å². The molecule has 3 aromatic carbocycles. The number of benzene rings is 3. The zero-order chi connectivity index (χ0) is 31.5. The predicted molar refractivity (Wildman–Crippen MR) is 143 cm³/mol. The number of aliphatic carboxylic acids is 1. The van der Waals surface area contributed by atoms with E-state index in [0.717, 1.165) is 18.2 Å². The van der Waals surface area contributed by atoms with E-state index in [0.29, 0.717) is 16.5 Å². The molecule has 0 spiro atoms. The molecule has 4 atom stereocenters. The van der Waals surface area contributed by atoms with Gasteiger partial charge < -0.3 is 14.9 Å².